The molecule has 0 radical (unpaired) electrons. The van der Waals surface area contributed by atoms with Gasteiger partial charge in [0.05, 0.1) is 12.2 Å². The fraction of sp³-hybridized carbons (Fsp3) is 0.316. The molecule has 2 rings (SSSR count). The van der Waals surface area contributed by atoms with Gasteiger partial charge in [0, 0.05) is 0 Å². The van der Waals surface area contributed by atoms with Gasteiger partial charge in [0.15, 0.2) is 0 Å². The fourth-order valence-electron chi connectivity index (χ4n) is 2.19. The monoisotopic (exact) mass is 282 g/mol. The number of aryl methyl sites for hydroxylation is 2. The summed E-state index contributed by atoms with van der Waals surface area (Å²) in [7, 11) is 0. The molecule has 2 aromatic rings. The average molecular weight is 282 g/mol. The molecule has 0 heterocycles. The number of carbonyl (C=O) groups is 1. The van der Waals surface area contributed by atoms with E-state index in [2.05, 4.69) is 31.2 Å². The zero-order valence-electron chi connectivity index (χ0n) is 12.5. The number of hydrogen-bond acceptors (Lipinski definition) is 2. The number of hydrogen-bond donors (Lipinski definition) is 0. The minimum absolute atomic E-state index is 0.228. The zero-order chi connectivity index (χ0) is 14.9. The molecule has 2 nitrogen and oxygen atoms in total. The van der Waals surface area contributed by atoms with E-state index in [-0.39, 0.29) is 5.97 Å². The molecule has 0 saturated carbocycles. The third-order valence-corrected chi connectivity index (χ3v) is 3.47. The van der Waals surface area contributed by atoms with Crippen LogP contribution in [0.15, 0.2) is 54.6 Å². The SMILES string of the molecule is Cc1ccc(CCCCCOC(=O)c2ccccc2)cc1. The maximum absolute atomic E-state index is 11.7. The third kappa shape index (κ3) is 5.42. The molecule has 0 amide bonds. The van der Waals surface area contributed by atoms with Gasteiger partial charge in [0.1, 0.15) is 0 Å². The van der Waals surface area contributed by atoms with Crippen molar-refractivity contribution in [3.8, 4) is 0 Å². The molecule has 0 unspecified atom stereocenters. The van der Waals surface area contributed by atoms with Crippen LogP contribution in [0.4, 0.5) is 0 Å². The lowest BCUT2D eigenvalue weighted by molar-refractivity contribution is 0.0498. The average Bonchev–Trinajstić information content (AvgIpc) is 2.53. The zero-order valence-corrected chi connectivity index (χ0v) is 12.5. The van der Waals surface area contributed by atoms with Crippen LogP contribution < -0.4 is 0 Å². The van der Waals surface area contributed by atoms with E-state index in [4.69, 9.17) is 4.74 Å². The molecule has 0 aromatic heterocycles. The number of carbonyl (C=O) groups excluding carboxylic acids is 1. The van der Waals surface area contributed by atoms with E-state index in [1.807, 2.05) is 18.2 Å². The van der Waals surface area contributed by atoms with Crippen molar-refractivity contribution in [2.45, 2.75) is 32.6 Å². The van der Waals surface area contributed by atoms with Crippen LogP contribution in [0.2, 0.25) is 0 Å². The lowest BCUT2D eigenvalue weighted by Crippen LogP contribution is -2.06. The molecule has 21 heavy (non-hydrogen) atoms. The summed E-state index contributed by atoms with van der Waals surface area (Å²) in [6.45, 7) is 2.60. The van der Waals surface area contributed by atoms with Crippen molar-refractivity contribution in [1.29, 1.82) is 0 Å². The summed E-state index contributed by atoms with van der Waals surface area (Å²) in [5.41, 5.74) is 3.30. The molecule has 0 bridgehead atoms. The summed E-state index contributed by atoms with van der Waals surface area (Å²) in [6, 6.07) is 17.8. The van der Waals surface area contributed by atoms with E-state index >= 15 is 0 Å². The Balaban J connectivity index is 1.58. The van der Waals surface area contributed by atoms with E-state index < -0.39 is 0 Å². The highest BCUT2D eigenvalue weighted by atomic mass is 16.5. The second-order valence-corrected chi connectivity index (χ2v) is 5.30. The van der Waals surface area contributed by atoms with E-state index in [1.165, 1.54) is 11.1 Å². The van der Waals surface area contributed by atoms with Gasteiger partial charge in [-0.1, -0.05) is 48.0 Å². The van der Waals surface area contributed by atoms with Gasteiger partial charge in [0.2, 0.25) is 0 Å². The second kappa shape index (κ2) is 8.25. The molecular weight excluding hydrogens is 260 g/mol. The fourth-order valence-corrected chi connectivity index (χ4v) is 2.19. The van der Waals surface area contributed by atoms with Gasteiger partial charge < -0.3 is 4.74 Å². The summed E-state index contributed by atoms with van der Waals surface area (Å²) in [5, 5.41) is 0. The van der Waals surface area contributed by atoms with Gasteiger partial charge in [-0.2, -0.15) is 0 Å². The van der Waals surface area contributed by atoms with Crippen LogP contribution in [-0.2, 0) is 11.2 Å². The van der Waals surface area contributed by atoms with Gasteiger partial charge in [-0.25, -0.2) is 4.79 Å². The first-order valence-corrected chi connectivity index (χ1v) is 7.53. The Hall–Kier alpha value is -2.09. The molecule has 2 heteroatoms. The maximum atomic E-state index is 11.7. The number of unbranched alkanes of at least 4 members (excludes halogenated alkanes) is 2. The molecule has 0 aliphatic heterocycles. The highest BCUT2D eigenvalue weighted by Gasteiger charge is 2.04. The lowest BCUT2D eigenvalue weighted by atomic mass is 10.1. The van der Waals surface area contributed by atoms with Crippen molar-refractivity contribution in [2.75, 3.05) is 6.61 Å². The van der Waals surface area contributed by atoms with E-state index in [1.54, 1.807) is 12.1 Å². The summed E-state index contributed by atoms with van der Waals surface area (Å²) < 4.78 is 5.26. The van der Waals surface area contributed by atoms with Gasteiger partial charge in [-0.3, -0.25) is 0 Å². The summed E-state index contributed by atoms with van der Waals surface area (Å²) >= 11 is 0. The van der Waals surface area contributed by atoms with Crippen LogP contribution in [0.5, 0.6) is 0 Å². The quantitative estimate of drug-likeness (QED) is 0.549. The Morgan fingerprint density at radius 1 is 0.905 bits per heavy atom. The summed E-state index contributed by atoms with van der Waals surface area (Å²) in [5.74, 6) is -0.228. The van der Waals surface area contributed by atoms with Crippen LogP contribution in [0.3, 0.4) is 0 Å². The number of benzene rings is 2. The van der Waals surface area contributed by atoms with Crippen LogP contribution in [0.1, 0.15) is 40.7 Å². The predicted octanol–water partition coefficient (Wildman–Crippen LogP) is 4.56. The summed E-state index contributed by atoms with van der Waals surface area (Å²) in [6.07, 6.45) is 4.22. The highest BCUT2D eigenvalue weighted by Crippen LogP contribution is 2.09. The van der Waals surface area contributed by atoms with Gasteiger partial charge >= 0.3 is 5.97 Å². The first kappa shape index (κ1) is 15.3. The highest BCUT2D eigenvalue weighted by molar-refractivity contribution is 5.89. The normalized spacial score (nSPS) is 10.3. The van der Waals surface area contributed by atoms with Crippen LogP contribution >= 0.6 is 0 Å². The van der Waals surface area contributed by atoms with Crippen molar-refractivity contribution in [1.82, 2.24) is 0 Å². The molecular formula is C19H22O2. The van der Waals surface area contributed by atoms with Crippen LogP contribution in [0, 0.1) is 6.92 Å². The molecule has 0 aliphatic rings. The van der Waals surface area contributed by atoms with Crippen molar-refractivity contribution in [3.63, 3.8) is 0 Å². The van der Waals surface area contributed by atoms with Crippen molar-refractivity contribution in [3.05, 3.63) is 71.3 Å². The van der Waals surface area contributed by atoms with E-state index in [9.17, 15) is 4.79 Å². The molecule has 0 N–H and O–H groups in total. The molecule has 110 valence electrons. The van der Waals surface area contributed by atoms with Gasteiger partial charge in [-0.15, -0.1) is 0 Å². The molecule has 0 aliphatic carbocycles. The largest absolute Gasteiger partial charge is 0.462 e. The van der Waals surface area contributed by atoms with Crippen LogP contribution in [0.25, 0.3) is 0 Å². The topological polar surface area (TPSA) is 26.3 Å². The first-order valence-electron chi connectivity index (χ1n) is 7.53. The van der Waals surface area contributed by atoms with E-state index in [0.717, 1.165) is 25.7 Å². The maximum Gasteiger partial charge on any atom is 0.338 e. The number of esters is 1. The minimum atomic E-state index is -0.228. The van der Waals surface area contributed by atoms with Crippen LogP contribution in [-0.4, -0.2) is 12.6 Å². The molecule has 0 atom stereocenters. The first-order chi connectivity index (χ1) is 10.3. The summed E-state index contributed by atoms with van der Waals surface area (Å²) in [4.78, 5) is 11.7. The Morgan fingerprint density at radius 3 is 2.33 bits per heavy atom. The predicted molar refractivity (Wildman–Crippen MR) is 85.5 cm³/mol. The second-order valence-electron chi connectivity index (χ2n) is 5.30. The Bertz CT molecular complexity index is 544. The van der Waals surface area contributed by atoms with Crippen molar-refractivity contribution >= 4 is 5.97 Å². The Kier molecular flexibility index (Phi) is 6.01. The number of ether oxygens (including phenoxy) is 1. The van der Waals surface area contributed by atoms with Gasteiger partial charge in [0.25, 0.3) is 0 Å². The molecule has 0 saturated heterocycles. The smallest absolute Gasteiger partial charge is 0.338 e. The minimum Gasteiger partial charge on any atom is -0.462 e. The lowest BCUT2D eigenvalue weighted by Gasteiger charge is -2.05. The third-order valence-electron chi connectivity index (χ3n) is 3.47. The van der Waals surface area contributed by atoms with E-state index in [0.29, 0.717) is 12.2 Å². The Morgan fingerprint density at radius 2 is 1.62 bits per heavy atom. The molecule has 0 spiro atoms. The molecule has 0 fully saturated rings. The Labute approximate surface area is 126 Å². The van der Waals surface area contributed by atoms with Crippen molar-refractivity contribution < 1.29 is 9.53 Å². The standard InChI is InChI=1S/C19H22O2/c1-16-11-13-17(14-12-16)8-4-3-7-15-21-19(20)18-9-5-2-6-10-18/h2,5-6,9-14H,3-4,7-8,15H2,1H3. The van der Waals surface area contributed by atoms with Gasteiger partial charge in [-0.05, 0) is 50.3 Å². The number of rotatable bonds is 7. The molecule has 2 aromatic carbocycles. The van der Waals surface area contributed by atoms with Crippen molar-refractivity contribution in [2.24, 2.45) is 0 Å².